The van der Waals surface area contributed by atoms with E-state index in [0.29, 0.717) is 0 Å². The summed E-state index contributed by atoms with van der Waals surface area (Å²) < 4.78 is 6.13. The van der Waals surface area contributed by atoms with Gasteiger partial charge in [0.2, 0.25) is 0 Å². The molecule has 39 heavy (non-hydrogen) atoms. The van der Waals surface area contributed by atoms with Gasteiger partial charge >= 0.3 is 0 Å². The number of nitrogens with zero attached hydrogens (tertiary/aromatic N) is 2. The molecule has 182 valence electrons. The van der Waals surface area contributed by atoms with Crippen LogP contribution in [0.15, 0.2) is 138 Å². The number of para-hydroxylation sites is 1. The summed E-state index contributed by atoms with van der Waals surface area (Å²) in [5.41, 5.74) is 9.75. The molecule has 2 aromatic heterocycles. The summed E-state index contributed by atoms with van der Waals surface area (Å²) in [6.45, 7) is 0. The van der Waals surface area contributed by atoms with Crippen LogP contribution in [0.4, 0.5) is 0 Å². The van der Waals surface area contributed by atoms with Crippen LogP contribution in [0, 0.1) is 0 Å². The van der Waals surface area contributed by atoms with Gasteiger partial charge in [-0.25, -0.2) is 9.97 Å². The first kappa shape index (κ1) is 21.8. The summed E-state index contributed by atoms with van der Waals surface area (Å²) in [6.07, 6.45) is 0. The molecule has 0 bridgehead atoms. The van der Waals surface area contributed by atoms with Gasteiger partial charge in [0.25, 0.3) is 0 Å². The molecule has 0 aliphatic carbocycles. The maximum absolute atomic E-state index is 6.13. The van der Waals surface area contributed by atoms with E-state index in [2.05, 4.69) is 97.1 Å². The number of furan rings is 1. The maximum Gasteiger partial charge on any atom is 0.136 e. The number of hydrogen-bond donors (Lipinski definition) is 0. The van der Waals surface area contributed by atoms with E-state index in [4.69, 9.17) is 14.4 Å². The summed E-state index contributed by atoms with van der Waals surface area (Å²) in [4.78, 5) is 10.4. The highest BCUT2D eigenvalue weighted by Crippen LogP contribution is 2.38. The highest BCUT2D eigenvalue weighted by molar-refractivity contribution is 6.12. The van der Waals surface area contributed by atoms with Crippen LogP contribution in [-0.4, -0.2) is 9.97 Å². The van der Waals surface area contributed by atoms with E-state index in [-0.39, 0.29) is 0 Å². The van der Waals surface area contributed by atoms with Gasteiger partial charge in [-0.05, 0) is 34.7 Å². The van der Waals surface area contributed by atoms with E-state index >= 15 is 0 Å². The lowest BCUT2D eigenvalue weighted by atomic mass is 9.97. The number of aromatic nitrogens is 2. The first-order valence-corrected chi connectivity index (χ1v) is 13.1. The smallest absolute Gasteiger partial charge is 0.136 e. The zero-order valence-electron chi connectivity index (χ0n) is 21.0. The SMILES string of the molecule is c1ccc(-c2nc3c(ccc4ccccc43)nc2-c2ccc(-c3cccc4oc5ccccc5c34)cc2)cc1. The van der Waals surface area contributed by atoms with Crippen LogP contribution >= 0.6 is 0 Å². The lowest BCUT2D eigenvalue weighted by Gasteiger charge is -2.13. The normalized spacial score (nSPS) is 11.6. The van der Waals surface area contributed by atoms with Crippen LogP contribution < -0.4 is 0 Å². The molecule has 3 nitrogen and oxygen atoms in total. The van der Waals surface area contributed by atoms with Crippen molar-refractivity contribution >= 4 is 43.7 Å². The Bertz CT molecular complexity index is 2160. The van der Waals surface area contributed by atoms with Crippen molar-refractivity contribution in [2.75, 3.05) is 0 Å². The van der Waals surface area contributed by atoms with Crippen LogP contribution in [0.1, 0.15) is 0 Å². The summed E-state index contributed by atoms with van der Waals surface area (Å²) >= 11 is 0. The minimum absolute atomic E-state index is 0.877. The minimum Gasteiger partial charge on any atom is -0.456 e. The number of hydrogen-bond acceptors (Lipinski definition) is 3. The van der Waals surface area contributed by atoms with Crippen molar-refractivity contribution in [3.63, 3.8) is 0 Å². The van der Waals surface area contributed by atoms with E-state index in [1.807, 2.05) is 36.4 Å². The molecular formula is C36H22N2O. The lowest BCUT2D eigenvalue weighted by Crippen LogP contribution is -1.96. The van der Waals surface area contributed by atoms with Gasteiger partial charge in [-0.1, -0.05) is 115 Å². The Morgan fingerprint density at radius 3 is 1.97 bits per heavy atom. The molecular weight excluding hydrogens is 476 g/mol. The molecule has 0 amide bonds. The summed E-state index contributed by atoms with van der Waals surface area (Å²) in [7, 11) is 0. The Kier molecular flexibility index (Phi) is 4.82. The standard InChI is InChI=1S/C36H22N2O/c1-2-10-25(11-3-1)35-34(37-30-22-21-23-9-4-5-12-28(23)36(30)38-35)26-19-17-24(18-20-26)27-14-8-16-32-33(27)29-13-6-7-15-31(29)39-32/h1-22H. The predicted octanol–water partition coefficient (Wildman–Crippen LogP) is 9.68. The van der Waals surface area contributed by atoms with Gasteiger partial charge in [0.05, 0.1) is 22.4 Å². The fraction of sp³-hybridized carbons (Fsp3) is 0. The Morgan fingerprint density at radius 2 is 1.10 bits per heavy atom. The molecule has 3 heteroatoms. The van der Waals surface area contributed by atoms with Crippen LogP contribution in [0.2, 0.25) is 0 Å². The average molecular weight is 499 g/mol. The molecule has 0 aliphatic heterocycles. The monoisotopic (exact) mass is 498 g/mol. The van der Waals surface area contributed by atoms with Crippen molar-refractivity contribution in [3.8, 4) is 33.6 Å². The van der Waals surface area contributed by atoms with Gasteiger partial charge in [0.15, 0.2) is 0 Å². The molecule has 6 aromatic carbocycles. The number of benzene rings is 6. The summed E-state index contributed by atoms with van der Waals surface area (Å²) in [5.74, 6) is 0. The topological polar surface area (TPSA) is 38.9 Å². The molecule has 2 heterocycles. The molecule has 0 aliphatic rings. The van der Waals surface area contributed by atoms with E-state index in [9.17, 15) is 0 Å². The third kappa shape index (κ3) is 3.52. The van der Waals surface area contributed by atoms with E-state index in [1.54, 1.807) is 0 Å². The molecule has 0 radical (unpaired) electrons. The second-order valence-corrected chi connectivity index (χ2v) is 9.80. The van der Waals surface area contributed by atoms with Crippen LogP contribution in [-0.2, 0) is 0 Å². The molecule has 8 rings (SSSR count). The van der Waals surface area contributed by atoms with Gasteiger partial charge < -0.3 is 4.42 Å². The zero-order valence-corrected chi connectivity index (χ0v) is 21.0. The first-order valence-electron chi connectivity index (χ1n) is 13.1. The van der Waals surface area contributed by atoms with Gasteiger partial charge in [-0.15, -0.1) is 0 Å². The van der Waals surface area contributed by atoms with E-state index in [1.165, 1.54) is 0 Å². The van der Waals surface area contributed by atoms with Crippen LogP contribution in [0.5, 0.6) is 0 Å². The van der Waals surface area contributed by atoms with Crippen molar-refractivity contribution in [3.05, 3.63) is 133 Å². The summed E-state index contributed by atoms with van der Waals surface area (Å²) in [5, 5.41) is 4.55. The quantitative estimate of drug-likeness (QED) is 0.228. The maximum atomic E-state index is 6.13. The molecule has 8 aromatic rings. The molecule has 0 fully saturated rings. The average Bonchev–Trinajstić information content (AvgIpc) is 3.40. The largest absolute Gasteiger partial charge is 0.456 e. The Labute approximate surface area is 225 Å². The van der Waals surface area contributed by atoms with Crippen molar-refractivity contribution in [2.45, 2.75) is 0 Å². The molecule has 0 saturated heterocycles. The third-order valence-corrected chi connectivity index (χ3v) is 7.48. The lowest BCUT2D eigenvalue weighted by molar-refractivity contribution is 0.669. The Hall–Kier alpha value is -5.28. The molecule has 0 atom stereocenters. The summed E-state index contributed by atoms with van der Waals surface area (Å²) in [6, 6.07) is 46.0. The van der Waals surface area contributed by atoms with E-state index in [0.717, 1.165) is 77.4 Å². The molecule has 0 N–H and O–H groups in total. The van der Waals surface area contributed by atoms with E-state index < -0.39 is 0 Å². The van der Waals surface area contributed by atoms with Crippen molar-refractivity contribution in [1.29, 1.82) is 0 Å². The second kappa shape index (κ2) is 8.64. The highest BCUT2D eigenvalue weighted by atomic mass is 16.3. The first-order chi connectivity index (χ1) is 19.3. The molecule has 0 unspecified atom stereocenters. The number of fused-ring (bicyclic) bond motifs is 6. The van der Waals surface area contributed by atoms with Gasteiger partial charge in [0, 0.05) is 27.3 Å². The van der Waals surface area contributed by atoms with Gasteiger partial charge in [0.1, 0.15) is 11.2 Å². The minimum atomic E-state index is 0.877. The van der Waals surface area contributed by atoms with Gasteiger partial charge in [-0.2, -0.15) is 0 Å². The fourth-order valence-corrected chi connectivity index (χ4v) is 5.61. The number of rotatable bonds is 3. The van der Waals surface area contributed by atoms with Crippen molar-refractivity contribution < 1.29 is 4.42 Å². The zero-order chi connectivity index (χ0) is 25.8. The fourth-order valence-electron chi connectivity index (χ4n) is 5.61. The second-order valence-electron chi connectivity index (χ2n) is 9.80. The molecule has 0 saturated carbocycles. The third-order valence-electron chi connectivity index (χ3n) is 7.48. The predicted molar refractivity (Wildman–Crippen MR) is 161 cm³/mol. The van der Waals surface area contributed by atoms with Crippen molar-refractivity contribution in [2.24, 2.45) is 0 Å². The van der Waals surface area contributed by atoms with Crippen LogP contribution in [0.25, 0.3) is 77.4 Å². The highest BCUT2D eigenvalue weighted by Gasteiger charge is 2.16. The van der Waals surface area contributed by atoms with Gasteiger partial charge in [-0.3, -0.25) is 0 Å². The van der Waals surface area contributed by atoms with Crippen molar-refractivity contribution in [1.82, 2.24) is 9.97 Å². The molecule has 0 spiro atoms. The Morgan fingerprint density at radius 1 is 0.436 bits per heavy atom. The van der Waals surface area contributed by atoms with Crippen LogP contribution in [0.3, 0.4) is 0 Å². The Balaban J connectivity index is 1.32.